The van der Waals surface area contributed by atoms with Crippen LogP contribution in [0.3, 0.4) is 0 Å². The highest BCUT2D eigenvalue weighted by molar-refractivity contribution is 7.99. The zero-order valence-corrected chi connectivity index (χ0v) is 23.0. The van der Waals surface area contributed by atoms with Crippen LogP contribution in [0, 0.1) is 5.82 Å². The highest BCUT2D eigenvalue weighted by Gasteiger charge is 2.44. The van der Waals surface area contributed by atoms with E-state index < -0.39 is 11.4 Å². The van der Waals surface area contributed by atoms with E-state index in [0.29, 0.717) is 29.3 Å². The van der Waals surface area contributed by atoms with Crippen LogP contribution in [0.2, 0.25) is 5.15 Å². The van der Waals surface area contributed by atoms with Crippen molar-refractivity contribution in [3.63, 3.8) is 0 Å². The van der Waals surface area contributed by atoms with E-state index in [9.17, 15) is 4.79 Å². The van der Waals surface area contributed by atoms with E-state index in [-0.39, 0.29) is 34.9 Å². The molecule has 3 atom stereocenters. The molecule has 2 aromatic heterocycles. The van der Waals surface area contributed by atoms with Gasteiger partial charge in [-0.15, -0.1) is 0 Å². The van der Waals surface area contributed by atoms with Crippen molar-refractivity contribution in [3.8, 4) is 0 Å². The number of ether oxygens (including phenoxy) is 1. The summed E-state index contributed by atoms with van der Waals surface area (Å²) in [6, 6.07) is -0.173. The minimum atomic E-state index is -0.602. The molecule has 35 heavy (non-hydrogen) atoms. The lowest BCUT2D eigenvalue weighted by atomic mass is 9.93. The fourth-order valence-corrected chi connectivity index (χ4v) is 5.98. The first kappa shape index (κ1) is 26.2. The summed E-state index contributed by atoms with van der Waals surface area (Å²) in [5.41, 5.74) is 0.402. The summed E-state index contributed by atoms with van der Waals surface area (Å²) < 4.78 is 21.1. The van der Waals surface area contributed by atoms with Gasteiger partial charge in [0.05, 0.1) is 29.2 Å². The maximum atomic E-state index is 15.3. The normalized spacial score (nSPS) is 22.9. The largest absolute Gasteiger partial charge is 0.444 e. The number of anilines is 1. The van der Waals surface area contributed by atoms with Crippen LogP contribution in [-0.4, -0.2) is 62.0 Å². The summed E-state index contributed by atoms with van der Waals surface area (Å²) in [5, 5.41) is 1.03. The number of nitrogens with zero attached hydrogens (tertiary/aromatic N) is 5. The maximum Gasteiger partial charge on any atom is 0.410 e. The predicted molar refractivity (Wildman–Crippen MR) is 139 cm³/mol. The Hall–Kier alpha value is -1.87. The van der Waals surface area contributed by atoms with Gasteiger partial charge in [0.15, 0.2) is 16.1 Å². The number of aromatic nitrogens is 3. The van der Waals surface area contributed by atoms with Crippen molar-refractivity contribution in [1.82, 2.24) is 19.9 Å². The third kappa shape index (κ3) is 5.17. The van der Waals surface area contributed by atoms with Gasteiger partial charge in [0.2, 0.25) is 0 Å². The third-order valence-corrected chi connectivity index (χ3v) is 7.74. The number of piperazine rings is 1. The molecule has 4 heterocycles. The number of hydrogen-bond donors (Lipinski definition) is 0. The lowest BCUT2D eigenvalue weighted by Crippen LogP contribution is -2.65. The quantitative estimate of drug-likeness (QED) is 0.267. The predicted octanol–water partition coefficient (Wildman–Crippen LogP) is 6.25. The molecule has 1 amide bonds. The molecule has 0 aliphatic carbocycles. The molecule has 2 aromatic rings. The van der Waals surface area contributed by atoms with Crippen molar-refractivity contribution in [2.75, 3.05) is 17.2 Å². The Labute approximate surface area is 216 Å². The number of halogens is 2. The van der Waals surface area contributed by atoms with Gasteiger partial charge in [-0.25, -0.2) is 24.1 Å². The minimum Gasteiger partial charge on any atom is -0.444 e. The van der Waals surface area contributed by atoms with Gasteiger partial charge < -0.3 is 9.64 Å². The van der Waals surface area contributed by atoms with Gasteiger partial charge >= 0.3 is 6.09 Å². The molecule has 4 rings (SSSR count). The Bertz CT molecular complexity index is 1110. The fraction of sp³-hybridized carbons (Fsp3) is 0.680. The molecule has 0 bridgehead atoms. The number of pyridine rings is 1. The number of fused-ring (bicyclic) bond motifs is 2. The minimum absolute atomic E-state index is 0.00702. The summed E-state index contributed by atoms with van der Waals surface area (Å²) in [7, 11) is 0. The van der Waals surface area contributed by atoms with Crippen molar-refractivity contribution in [3.05, 3.63) is 16.7 Å². The van der Waals surface area contributed by atoms with Crippen LogP contribution in [0.1, 0.15) is 72.9 Å². The molecule has 0 saturated carbocycles. The molecule has 2 aliphatic rings. The molecule has 1 saturated heterocycles. The Morgan fingerprint density at radius 1 is 1.23 bits per heavy atom. The number of rotatable bonds is 3. The van der Waals surface area contributed by atoms with Crippen LogP contribution < -0.4 is 4.90 Å². The van der Waals surface area contributed by atoms with Crippen molar-refractivity contribution in [1.29, 1.82) is 0 Å². The molecule has 10 heteroatoms. The third-order valence-electron chi connectivity index (χ3n) is 6.76. The summed E-state index contributed by atoms with van der Waals surface area (Å²) in [4.78, 5) is 31.4. The van der Waals surface area contributed by atoms with E-state index >= 15 is 4.39 Å². The monoisotopic (exact) mass is 523 g/mol. The van der Waals surface area contributed by atoms with Crippen molar-refractivity contribution >= 4 is 46.2 Å². The summed E-state index contributed by atoms with van der Waals surface area (Å²) in [6.45, 7) is 12.4. The zero-order chi connectivity index (χ0) is 25.5. The van der Waals surface area contributed by atoms with Gasteiger partial charge in [0, 0.05) is 6.54 Å². The van der Waals surface area contributed by atoms with E-state index in [0.717, 1.165) is 37.1 Å². The average molecular weight is 524 g/mol. The molecule has 0 spiro atoms. The molecule has 1 fully saturated rings. The SMILES string of the molecule is CCSc1nc2c3c(nc(Cl)c(F)c3n1)CCCC[C@@H]1[C@H](C)N(C(=O)OC(C)(C)C)[C@H](CC)CN21. The maximum absolute atomic E-state index is 15.3. The van der Waals surface area contributed by atoms with Crippen LogP contribution in [0.5, 0.6) is 0 Å². The molecule has 0 aromatic carbocycles. The molecule has 192 valence electrons. The summed E-state index contributed by atoms with van der Waals surface area (Å²) in [5.74, 6) is 0.863. The zero-order valence-electron chi connectivity index (χ0n) is 21.4. The van der Waals surface area contributed by atoms with Crippen molar-refractivity contribution < 1.29 is 13.9 Å². The van der Waals surface area contributed by atoms with E-state index in [2.05, 4.69) is 28.7 Å². The number of aryl methyl sites for hydroxylation is 1. The van der Waals surface area contributed by atoms with Crippen molar-refractivity contribution in [2.45, 2.75) is 103 Å². The Morgan fingerprint density at radius 3 is 2.63 bits per heavy atom. The number of hydrogen-bond acceptors (Lipinski definition) is 7. The molecular formula is C25H35ClFN5O2S. The highest BCUT2D eigenvalue weighted by atomic mass is 35.5. The molecular weight excluding hydrogens is 489 g/mol. The smallest absolute Gasteiger partial charge is 0.410 e. The van der Waals surface area contributed by atoms with Crippen LogP contribution >= 0.6 is 23.4 Å². The standard InChI is InChI=1S/C25H35ClFN5O2S/c1-7-15-13-31-17(14(3)32(15)24(33)34-25(4,5)6)12-10-9-11-16-18-20(19(27)21(26)28-16)29-23(35-8-2)30-22(18)31/h14-15,17H,7-13H2,1-6H3/t14-,15+,17+/m0/s1. The van der Waals surface area contributed by atoms with Crippen LogP contribution in [0.4, 0.5) is 15.0 Å². The van der Waals surface area contributed by atoms with Gasteiger partial charge in [-0.05, 0) is 59.1 Å². The van der Waals surface area contributed by atoms with Gasteiger partial charge in [0.1, 0.15) is 16.9 Å². The van der Waals surface area contributed by atoms with Gasteiger partial charge in [0.25, 0.3) is 0 Å². The summed E-state index contributed by atoms with van der Waals surface area (Å²) in [6.07, 6.45) is 3.86. The van der Waals surface area contributed by atoms with Gasteiger partial charge in [-0.2, -0.15) is 0 Å². The first-order valence-electron chi connectivity index (χ1n) is 12.5. The second kappa shape index (κ2) is 10.2. The molecule has 7 nitrogen and oxygen atoms in total. The molecule has 0 unspecified atom stereocenters. The van der Waals surface area contributed by atoms with E-state index in [1.54, 1.807) is 0 Å². The second-order valence-electron chi connectivity index (χ2n) is 10.3. The van der Waals surface area contributed by atoms with E-state index in [1.165, 1.54) is 11.8 Å². The highest BCUT2D eigenvalue weighted by Crippen LogP contribution is 2.39. The molecule has 0 radical (unpaired) electrons. The topological polar surface area (TPSA) is 71.5 Å². The number of carbonyl (C=O) groups excluding carboxylic acids is 1. The Morgan fingerprint density at radius 2 is 1.97 bits per heavy atom. The van der Waals surface area contributed by atoms with Crippen LogP contribution in [0.15, 0.2) is 5.16 Å². The number of thioether (sulfide) groups is 1. The van der Waals surface area contributed by atoms with E-state index in [1.807, 2.05) is 32.6 Å². The lowest BCUT2D eigenvalue weighted by molar-refractivity contribution is -0.00401. The lowest BCUT2D eigenvalue weighted by Gasteiger charge is -2.51. The van der Waals surface area contributed by atoms with E-state index in [4.69, 9.17) is 21.3 Å². The summed E-state index contributed by atoms with van der Waals surface area (Å²) >= 11 is 7.68. The van der Waals surface area contributed by atoms with Crippen molar-refractivity contribution in [2.24, 2.45) is 0 Å². The molecule has 0 N–H and O–H groups in total. The Balaban J connectivity index is 1.88. The van der Waals surface area contributed by atoms with Crippen LogP contribution in [0.25, 0.3) is 10.9 Å². The first-order chi connectivity index (χ1) is 16.6. The van der Waals surface area contributed by atoms with Gasteiger partial charge in [-0.1, -0.05) is 43.6 Å². The second-order valence-corrected chi connectivity index (χ2v) is 11.9. The Kier molecular flexibility index (Phi) is 7.67. The molecule has 2 aliphatic heterocycles. The number of carbonyl (C=O) groups is 1. The van der Waals surface area contributed by atoms with Crippen LogP contribution in [-0.2, 0) is 11.2 Å². The first-order valence-corrected chi connectivity index (χ1v) is 13.9. The number of amides is 1. The fourth-order valence-electron chi connectivity index (χ4n) is 5.23. The average Bonchev–Trinajstić information content (AvgIpc) is 2.85. The van der Waals surface area contributed by atoms with Gasteiger partial charge in [-0.3, -0.25) is 4.90 Å².